The number of rotatable bonds is 5. The number of nitrogens with one attached hydrogen (secondary N) is 1. The Morgan fingerprint density at radius 1 is 1.17 bits per heavy atom. The molecule has 3 heterocycles. The van der Waals surface area contributed by atoms with E-state index in [2.05, 4.69) is 43.8 Å². The number of hydrogen-bond donors (Lipinski definition) is 2. The highest BCUT2D eigenvalue weighted by atomic mass is 35.5. The second-order valence-corrected chi connectivity index (χ2v) is 10.2. The molecule has 2 aliphatic heterocycles. The lowest BCUT2D eigenvalue weighted by molar-refractivity contribution is 0.0583. The first-order valence-electron chi connectivity index (χ1n) is 11.9. The van der Waals surface area contributed by atoms with Crippen LogP contribution in [0.4, 0.5) is 16.0 Å². The van der Waals surface area contributed by atoms with Crippen LogP contribution in [-0.4, -0.2) is 77.0 Å². The minimum atomic E-state index is -0.417. The fraction of sp³-hybridized carbons (Fsp3) is 0.542. The van der Waals surface area contributed by atoms with Crippen molar-refractivity contribution >= 4 is 40.7 Å². The summed E-state index contributed by atoms with van der Waals surface area (Å²) in [5.74, 6) is -0.0880. The highest BCUT2D eigenvalue weighted by molar-refractivity contribution is 6.32. The van der Waals surface area contributed by atoms with Crippen LogP contribution in [0.3, 0.4) is 0 Å². The maximum atomic E-state index is 14.2. The molecule has 0 bridgehead atoms. The van der Waals surface area contributed by atoms with E-state index >= 15 is 0 Å². The molecule has 1 aromatic carbocycles. The number of amides is 1. The van der Waals surface area contributed by atoms with Gasteiger partial charge in [-0.2, -0.15) is 0 Å². The summed E-state index contributed by atoms with van der Waals surface area (Å²) in [7, 11) is 1.51. The molecule has 11 heteroatoms. The molecule has 2 aliphatic rings. The van der Waals surface area contributed by atoms with Gasteiger partial charge in [-0.3, -0.25) is 14.6 Å². The van der Waals surface area contributed by atoms with E-state index < -0.39 is 5.91 Å². The number of nitrogens with zero attached hydrogens (tertiary/aromatic N) is 5. The maximum Gasteiger partial charge on any atom is 0.273 e. The lowest BCUT2D eigenvalue weighted by Crippen LogP contribution is -2.61. The quantitative estimate of drug-likeness (QED) is 0.620. The van der Waals surface area contributed by atoms with E-state index in [0.717, 1.165) is 39.0 Å². The van der Waals surface area contributed by atoms with Crippen LogP contribution in [0, 0.1) is 5.82 Å². The molecule has 1 amide bonds. The van der Waals surface area contributed by atoms with Crippen molar-refractivity contribution in [3.63, 3.8) is 0 Å². The number of carbonyl (C=O) groups excluding carboxylic acids is 1. The van der Waals surface area contributed by atoms with Crippen LogP contribution < -0.4 is 16.0 Å². The molecule has 3 N–H and O–H groups in total. The number of piperazine rings is 1. The van der Waals surface area contributed by atoms with Gasteiger partial charge in [0.2, 0.25) is 0 Å². The van der Waals surface area contributed by atoms with Gasteiger partial charge in [0.15, 0.2) is 22.5 Å². The highest BCUT2D eigenvalue weighted by Crippen LogP contribution is 2.31. The van der Waals surface area contributed by atoms with Gasteiger partial charge < -0.3 is 16.0 Å². The van der Waals surface area contributed by atoms with E-state index in [4.69, 9.17) is 28.9 Å². The lowest BCUT2D eigenvalue weighted by atomic mass is 9.97. The molecular weight excluding hydrogens is 492 g/mol. The van der Waals surface area contributed by atoms with Gasteiger partial charge in [0.05, 0.1) is 0 Å². The average molecular weight is 524 g/mol. The van der Waals surface area contributed by atoms with Crippen molar-refractivity contribution in [1.82, 2.24) is 25.1 Å². The van der Waals surface area contributed by atoms with Crippen LogP contribution >= 0.6 is 23.2 Å². The predicted octanol–water partition coefficient (Wildman–Crippen LogP) is 3.43. The normalized spacial score (nSPS) is 22.4. The van der Waals surface area contributed by atoms with Crippen molar-refractivity contribution in [3.05, 3.63) is 45.4 Å². The van der Waals surface area contributed by atoms with Crippen LogP contribution in [0.1, 0.15) is 42.7 Å². The zero-order valence-electron chi connectivity index (χ0n) is 20.3. The largest absolute Gasteiger partial charge is 0.382 e. The Morgan fingerprint density at radius 3 is 2.54 bits per heavy atom. The van der Waals surface area contributed by atoms with E-state index in [1.54, 1.807) is 12.1 Å². The summed E-state index contributed by atoms with van der Waals surface area (Å²) >= 11 is 12.3. The molecule has 0 saturated carbocycles. The van der Waals surface area contributed by atoms with Gasteiger partial charge in [0.1, 0.15) is 5.82 Å². The standard InChI is InChI=1S/C24H32Cl2FN7O/c1-14-12-34(23-21(26)30-20(22(28)31-23)24(35)29-3)15(2)11-33(14)18-6-8-32(9-7-18)13-16-4-5-17(25)10-19(16)27/h4-5,10,14-15,18H,6-9,11-13H2,1-3H3,(H2,28,31)(H,29,35)/t14-,15+/m0/s1. The number of nitrogen functional groups attached to an aromatic ring is 1. The SMILES string of the molecule is CNC(=O)c1nc(Cl)c(N2C[C@H](C)N(C3CCN(Cc4ccc(Cl)cc4F)CC3)C[C@H]2C)nc1N. The Labute approximate surface area is 215 Å². The number of aromatic nitrogens is 2. The van der Waals surface area contributed by atoms with Crippen molar-refractivity contribution in [1.29, 1.82) is 0 Å². The number of anilines is 2. The number of likely N-dealkylation sites (tertiary alicyclic amines) is 1. The first-order valence-corrected chi connectivity index (χ1v) is 12.7. The number of benzene rings is 1. The van der Waals surface area contributed by atoms with Gasteiger partial charge in [0, 0.05) is 55.4 Å². The fourth-order valence-corrected chi connectivity index (χ4v) is 5.54. The summed E-state index contributed by atoms with van der Waals surface area (Å²) in [6.45, 7) is 8.36. The second kappa shape index (κ2) is 10.8. The number of carbonyl (C=O) groups is 1. The van der Waals surface area contributed by atoms with Crippen LogP contribution in [0.2, 0.25) is 10.2 Å². The van der Waals surface area contributed by atoms with Gasteiger partial charge in [-0.15, -0.1) is 0 Å². The molecule has 1 aromatic heterocycles. The van der Waals surface area contributed by atoms with Crippen molar-refractivity contribution in [2.24, 2.45) is 0 Å². The third-order valence-electron chi connectivity index (χ3n) is 7.05. The van der Waals surface area contributed by atoms with Gasteiger partial charge in [-0.1, -0.05) is 29.3 Å². The van der Waals surface area contributed by atoms with Crippen molar-refractivity contribution in [2.45, 2.75) is 51.4 Å². The number of nitrogens with two attached hydrogens (primary N) is 1. The Morgan fingerprint density at radius 2 is 1.89 bits per heavy atom. The molecule has 4 rings (SSSR count). The van der Waals surface area contributed by atoms with Crippen LogP contribution in [0.15, 0.2) is 18.2 Å². The number of piperidine rings is 1. The van der Waals surface area contributed by atoms with Crippen LogP contribution in [-0.2, 0) is 6.54 Å². The summed E-state index contributed by atoms with van der Waals surface area (Å²) in [5, 5.41) is 3.10. The molecule has 2 fully saturated rings. The fourth-order valence-electron chi connectivity index (χ4n) is 5.14. The first-order chi connectivity index (χ1) is 16.7. The van der Waals surface area contributed by atoms with E-state index in [9.17, 15) is 9.18 Å². The average Bonchev–Trinajstić information content (AvgIpc) is 2.83. The molecule has 2 saturated heterocycles. The topological polar surface area (TPSA) is 90.6 Å². The van der Waals surface area contributed by atoms with Crippen molar-refractivity contribution in [3.8, 4) is 0 Å². The smallest absolute Gasteiger partial charge is 0.273 e. The van der Waals surface area contributed by atoms with Gasteiger partial charge in [0.25, 0.3) is 5.91 Å². The van der Waals surface area contributed by atoms with E-state index in [1.807, 2.05) is 0 Å². The molecule has 0 spiro atoms. The molecule has 0 radical (unpaired) electrons. The maximum absolute atomic E-state index is 14.2. The highest BCUT2D eigenvalue weighted by Gasteiger charge is 2.36. The monoisotopic (exact) mass is 523 g/mol. The Bertz CT molecular complexity index is 1080. The Kier molecular flexibility index (Phi) is 8.00. The Hall–Kier alpha value is -2.20. The summed E-state index contributed by atoms with van der Waals surface area (Å²) < 4.78 is 14.2. The van der Waals surface area contributed by atoms with E-state index in [1.165, 1.54) is 13.1 Å². The van der Waals surface area contributed by atoms with Crippen molar-refractivity contribution in [2.75, 3.05) is 43.9 Å². The van der Waals surface area contributed by atoms with Crippen LogP contribution in [0.25, 0.3) is 0 Å². The third-order valence-corrected chi connectivity index (χ3v) is 7.54. The second-order valence-electron chi connectivity index (χ2n) is 9.44. The van der Waals surface area contributed by atoms with Crippen molar-refractivity contribution < 1.29 is 9.18 Å². The molecule has 0 aliphatic carbocycles. The van der Waals surface area contributed by atoms with Gasteiger partial charge in [-0.05, 0) is 51.9 Å². The molecule has 2 atom stereocenters. The molecule has 35 heavy (non-hydrogen) atoms. The lowest BCUT2D eigenvalue weighted by Gasteiger charge is -2.49. The summed E-state index contributed by atoms with van der Waals surface area (Å²) in [5.41, 5.74) is 6.73. The predicted molar refractivity (Wildman–Crippen MR) is 138 cm³/mol. The summed E-state index contributed by atoms with van der Waals surface area (Å²) in [6, 6.07) is 5.77. The molecular formula is C24H32Cl2FN7O. The molecule has 0 unspecified atom stereocenters. The summed E-state index contributed by atoms with van der Waals surface area (Å²) in [4.78, 5) is 27.6. The van der Waals surface area contributed by atoms with Crippen LogP contribution in [0.5, 0.6) is 0 Å². The first kappa shape index (κ1) is 25.9. The molecule has 2 aromatic rings. The minimum absolute atomic E-state index is 0.0332. The zero-order valence-corrected chi connectivity index (χ0v) is 21.8. The third kappa shape index (κ3) is 5.63. The molecule has 190 valence electrons. The van der Waals surface area contributed by atoms with E-state index in [-0.39, 0.29) is 34.6 Å². The molecule has 8 nitrogen and oxygen atoms in total. The minimum Gasteiger partial charge on any atom is -0.382 e. The van der Waals surface area contributed by atoms with Gasteiger partial charge in [-0.25, -0.2) is 14.4 Å². The Balaban J connectivity index is 1.38. The van der Waals surface area contributed by atoms with E-state index in [0.29, 0.717) is 29.0 Å². The number of hydrogen-bond acceptors (Lipinski definition) is 7. The zero-order chi connectivity index (χ0) is 25.3. The van der Waals surface area contributed by atoms with Gasteiger partial charge >= 0.3 is 0 Å². The summed E-state index contributed by atoms with van der Waals surface area (Å²) in [6.07, 6.45) is 2.06. The number of halogens is 3.